The van der Waals surface area contributed by atoms with E-state index in [9.17, 15) is 0 Å². The number of guanidine groups is 1. The molecule has 0 radical (unpaired) electrons. The number of para-hydroxylation sites is 1. The van der Waals surface area contributed by atoms with Crippen molar-refractivity contribution >= 4 is 11.6 Å². The molecule has 3 N–H and O–H groups in total. The number of anilines is 1. The zero-order valence-electron chi connectivity index (χ0n) is 16.9. The lowest BCUT2D eigenvalue weighted by atomic mass is 10.2. The third kappa shape index (κ3) is 6.30. The molecule has 2 heterocycles. The van der Waals surface area contributed by atoms with E-state index in [2.05, 4.69) is 46.0 Å². The lowest BCUT2D eigenvalue weighted by Crippen LogP contribution is -2.39. The maximum Gasteiger partial charge on any atom is 0.191 e. The number of likely N-dealkylation sites (tertiary alicyclic amines) is 1. The highest BCUT2D eigenvalue weighted by Gasteiger charge is 2.25. The Morgan fingerprint density at radius 1 is 1.07 bits per heavy atom. The zero-order valence-corrected chi connectivity index (χ0v) is 16.9. The number of furan rings is 1. The number of nitrogens with one attached hydrogen (secondary N) is 3. The molecule has 0 aliphatic carbocycles. The molecule has 28 heavy (non-hydrogen) atoms. The topological polar surface area (TPSA) is 64.8 Å². The van der Waals surface area contributed by atoms with Gasteiger partial charge in [0.05, 0.1) is 18.8 Å². The number of aliphatic imine (C=N–C) groups is 1. The number of hydrogen-bond acceptors (Lipinski definition) is 4. The van der Waals surface area contributed by atoms with Crippen LogP contribution in [0.15, 0.2) is 58.1 Å². The van der Waals surface area contributed by atoms with Gasteiger partial charge in [-0.1, -0.05) is 18.2 Å². The Labute approximate surface area is 168 Å². The van der Waals surface area contributed by atoms with Gasteiger partial charge >= 0.3 is 0 Å². The fourth-order valence-corrected chi connectivity index (χ4v) is 3.52. The average Bonchev–Trinajstić information content (AvgIpc) is 3.43. The largest absolute Gasteiger partial charge is 0.468 e. The van der Waals surface area contributed by atoms with Crippen LogP contribution in [0.2, 0.25) is 0 Å². The second kappa shape index (κ2) is 11.4. The molecule has 0 amide bonds. The van der Waals surface area contributed by atoms with Crippen LogP contribution in [0.1, 0.15) is 38.0 Å². The average molecular weight is 384 g/mol. The molecule has 1 atom stereocenters. The summed E-state index contributed by atoms with van der Waals surface area (Å²) in [4.78, 5) is 7.32. The lowest BCUT2D eigenvalue weighted by Gasteiger charge is -2.24. The van der Waals surface area contributed by atoms with Crippen LogP contribution in [-0.2, 0) is 0 Å². The number of hydrogen-bond donors (Lipinski definition) is 3. The SMILES string of the molecule is CCNC(=NCC(c1ccco1)N1CCCC1)NCCCNc1ccccc1. The van der Waals surface area contributed by atoms with E-state index in [1.165, 1.54) is 12.8 Å². The smallest absolute Gasteiger partial charge is 0.191 e. The van der Waals surface area contributed by atoms with Gasteiger partial charge in [0, 0.05) is 25.3 Å². The third-order valence-corrected chi connectivity index (χ3v) is 4.97. The van der Waals surface area contributed by atoms with Crippen molar-refractivity contribution in [2.75, 3.05) is 44.6 Å². The summed E-state index contributed by atoms with van der Waals surface area (Å²) in [6.45, 7) is 7.69. The minimum atomic E-state index is 0.215. The van der Waals surface area contributed by atoms with Crippen molar-refractivity contribution in [2.24, 2.45) is 4.99 Å². The molecule has 1 aromatic heterocycles. The van der Waals surface area contributed by atoms with E-state index in [0.717, 1.165) is 56.6 Å². The highest BCUT2D eigenvalue weighted by atomic mass is 16.3. The van der Waals surface area contributed by atoms with Crippen LogP contribution in [0.4, 0.5) is 5.69 Å². The first-order chi connectivity index (χ1) is 13.9. The molecular formula is C22H33N5O. The van der Waals surface area contributed by atoms with E-state index in [-0.39, 0.29) is 6.04 Å². The molecule has 1 aliphatic rings. The molecular weight excluding hydrogens is 350 g/mol. The number of rotatable bonds is 10. The molecule has 0 bridgehead atoms. The molecule has 6 heteroatoms. The summed E-state index contributed by atoms with van der Waals surface area (Å²) < 4.78 is 5.70. The molecule has 1 aromatic carbocycles. The van der Waals surface area contributed by atoms with Crippen molar-refractivity contribution in [2.45, 2.75) is 32.2 Å². The Balaban J connectivity index is 1.48. The van der Waals surface area contributed by atoms with Gasteiger partial charge in [0.25, 0.3) is 0 Å². The van der Waals surface area contributed by atoms with Crippen LogP contribution in [0.25, 0.3) is 0 Å². The summed E-state index contributed by atoms with van der Waals surface area (Å²) in [5.41, 5.74) is 1.16. The van der Waals surface area contributed by atoms with E-state index < -0.39 is 0 Å². The van der Waals surface area contributed by atoms with Gasteiger partial charge in [0.1, 0.15) is 5.76 Å². The minimum absolute atomic E-state index is 0.215. The summed E-state index contributed by atoms with van der Waals surface area (Å²) in [5.74, 6) is 1.88. The predicted molar refractivity (Wildman–Crippen MR) is 116 cm³/mol. The molecule has 0 saturated carbocycles. The van der Waals surface area contributed by atoms with Crippen LogP contribution >= 0.6 is 0 Å². The quantitative estimate of drug-likeness (QED) is 0.333. The van der Waals surface area contributed by atoms with Crippen LogP contribution in [0.5, 0.6) is 0 Å². The van der Waals surface area contributed by atoms with E-state index in [1.807, 2.05) is 24.3 Å². The molecule has 3 rings (SSSR count). The Kier molecular flexibility index (Phi) is 8.25. The minimum Gasteiger partial charge on any atom is -0.468 e. The second-order valence-corrected chi connectivity index (χ2v) is 7.07. The van der Waals surface area contributed by atoms with E-state index >= 15 is 0 Å². The molecule has 1 saturated heterocycles. The third-order valence-electron chi connectivity index (χ3n) is 4.97. The van der Waals surface area contributed by atoms with Gasteiger partial charge in [0.15, 0.2) is 5.96 Å². The summed E-state index contributed by atoms with van der Waals surface area (Å²) >= 11 is 0. The summed E-state index contributed by atoms with van der Waals surface area (Å²) in [5, 5.41) is 10.2. The van der Waals surface area contributed by atoms with Crippen molar-refractivity contribution in [3.63, 3.8) is 0 Å². The molecule has 1 aliphatic heterocycles. The number of benzene rings is 1. The van der Waals surface area contributed by atoms with Crippen molar-refractivity contribution in [3.8, 4) is 0 Å². The molecule has 2 aromatic rings. The van der Waals surface area contributed by atoms with Crippen LogP contribution in [0, 0.1) is 0 Å². The molecule has 0 spiro atoms. The Morgan fingerprint density at radius 3 is 2.61 bits per heavy atom. The maximum absolute atomic E-state index is 5.70. The highest BCUT2D eigenvalue weighted by molar-refractivity contribution is 5.79. The summed E-state index contributed by atoms with van der Waals surface area (Å²) in [6, 6.07) is 14.5. The van der Waals surface area contributed by atoms with Gasteiger partial charge in [-0.15, -0.1) is 0 Å². The zero-order chi connectivity index (χ0) is 19.4. The van der Waals surface area contributed by atoms with Crippen LogP contribution in [0.3, 0.4) is 0 Å². The highest BCUT2D eigenvalue weighted by Crippen LogP contribution is 2.25. The fraction of sp³-hybridized carbons (Fsp3) is 0.500. The van der Waals surface area contributed by atoms with Crippen LogP contribution < -0.4 is 16.0 Å². The molecule has 6 nitrogen and oxygen atoms in total. The van der Waals surface area contributed by atoms with Gasteiger partial charge in [0.2, 0.25) is 0 Å². The Morgan fingerprint density at radius 2 is 1.89 bits per heavy atom. The van der Waals surface area contributed by atoms with E-state index in [1.54, 1.807) is 6.26 Å². The maximum atomic E-state index is 5.70. The first kappa shape index (κ1) is 20.3. The van der Waals surface area contributed by atoms with Gasteiger partial charge in [-0.3, -0.25) is 9.89 Å². The summed E-state index contributed by atoms with van der Waals surface area (Å²) in [6.07, 6.45) is 5.29. The Hall–Kier alpha value is -2.47. The normalized spacial score (nSPS) is 16.1. The Bertz CT molecular complexity index is 680. The first-order valence-electron chi connectivity index (χ1n) is 10.5. The second-order valence-electron chi connectivity index (χ2n) is 7.07. The van der Waals surface area contributed by atoms with Crippen molar-refractivity contribution in [3.05, 3.63) is 54.5 Å². The fourth-order valence-electron chi connectivity index (χ4n) is 3.52. The van der Waals surface area contributed by atoms with Gasteiger partial charge in [-0.05, 0) is 63.5 Å². The van der Waals surface area contributed by atoms with Gasteiger partial charge in [-0.25, -0.2) is 0 Å². The van der Waals surface area contributed by atoms with Gasteiger partial charge < -0.3 is 20.4 Å². The van der Waals surface area contributed by atoms with E-state index in [4.69, 9.17) is 9.41 Å². The molecule has 152 valence electrons. The van der Waals surface area contributed by atoms with Gasteiger partial charge in [-0.2, -0.15) is 0 Å². The lowest BCUT2D eigenvalue weighted by molar-refractivity contribution is 0.221. The van der Waals surface area contributed by atoms with Crippen molar-refractivity contribution < 1.29 is 4.42 Å². The van der Waals surface area contributed by atoms with E-state index in [0.29, 0.717) is 6.54 Å². The summed E-state index contributed by atoms with van der Waals surface area (Å²) in [7, 11) is 0. The predicted octanol–water partition coefficient (Wildman–Crippen LogP) is 3.47. The number of nitrogens with zero attached hydrogens (tertiary/aromatic N) is 2. The van der Waals surface area contributed by atoms with Crippen molar-refractivity contribution in [1.82, 2.24) is 15.5 Å². The molecule has 1 fully saturated rings. The first-order valence-corrected chi connectivity index (χ1v) is 10.5. The monoisotopic (exact) mass is 383 g/mol. The van der Waals surface area contributed by atoms with Crippen LogP contribution in [-0.4, -0.2) is 50.1 Å². The van der Waals surface area contributed by atoms with Crippen molar-refractivity contribution in [1.29, 1.82) is 0 Å². The molecule has 1 unspecified atom stereocenters. The standard InChI is InChI=1S/C22H33N5O/c1-2-23-22(25-14-9-13-24-19-10-4-3-5-11-19)26-18-20(21-12-8-17-28-21)27-15-6-7-16-27/h3-5,8,10-12,17,20,24H,2,6-7,9,13-16,18H2,1H3,(H2,23,25,26).